The van der Waals surface area contributed by atoms with E-state index in [0.717, 1.165) is 0 Å². The van der Waals surface area contributed by atoms with E-state index in [4.69, 9.17) is 4.74 Å². The SMILES string of the molecule is CCN(CC)C(=O)c1cc(NC(=O)c2ccc(OC)cc2)c(=O)n(C)c1. The molecular formula is C19H23N3O4. The summed E-state index contributed by atoms with van der Waals surface area (Å²) in [5, 5.41) is 2.59. The number of rotatable bonds is 6. The maximum Gasteiger partial charge on any atom is 0.274 e. The molecule has 1 aromatic heterocycles. The van der Waals surface area contributed by atoms with Gasteiger partial charge < -0.3 is 19.5 Å². The second-order valence-electron chi connectivity index (χ2n) is 5.72. The Labute approximate surface area is 152 Å². The number of ether oxygens (including phenoxy) is 1. The molecule has 7 heteroatoms. The number of aryl methyl sites for hydroxylation is 1. The molecule has 138 valence electrons. The number of hydrogen-bond donors (Lipinski definition) is 1. The molecule has 0 aliphatic rings. The van der Waals surface area contributed by atoms with Gasteiger partial charge in [-0.25, -0.2) is 0 Å². The molecule has 2 aromatic rings. The van der Waals surface area contributed by atoms with E-state index in [0.29, 0.717) is 30.0 Å². The second-order valence-corrected chi connectivity index (χ2v) is 5.72. The Bertz CT molecular complexity index is 852. The Balaban J connectivity index is 2.32. The number of carbonyl (C=O) groups is 2. The number of pyridine rings is 1. The number of carbonyl (C=O) groups excluding carboxylic acids is 2. The Morgan fingerprint density at radius 1 is 1.12 bits per heavy atom. The molecule has 0 aliphatic heterocycles. The Morgan fingerprint density at radius 3 is 2.27 bits per heavy atom. The van der Waals surface area contributed by atoms with Crippen LogP contribution in [0.15, 0.2) is 41.3 Å². The molecule has 0 radical (unpaired) electrons. The van der Waals surface area contributed by atoms with Crippen molar-refractivity contribution in [3.05, 3.63) is 58.0 Å². The van der Waals surface area contributed by atoms with Crippen molar-refractivity contribution in [1.82, 2.24) is 9.47 Å². The highest BCUT2D eigenvalue weighted by Crippen LogP contribution is 2.14. The molecule has 1 heterocycles. The third kappa shape index (κ3) is 4.11. The lowest BCUT2D eigenvalue weighted by molar-refractivity contribution is 0.0771. The van der Waals surface area contributed by atoms with Crippen molar-refractivity contribution in [2.75, 3.05) is 25.5 Å². The van der Waals surface area contributed by atoms with E-state index < -0.39 is 5.91 Å². The highest BCUT2D eigenvalue weighted by molar-refractivity contribution is 6.05. The number of methoxy groups -OCH3 is 1. The number of benzene rings is 1. The summed E-state index contributed by atoms with van der Waals surface area (Å²) < 4.78 is 6.35. The Morgan fingerprint density at radius 2 is 1.73 bits per heavy atom. The van der Waals surface area contributed by atoms with Gasteiger partial charge in [-0.05, 0) is 44.2 Å². The standard InChI is InChI=1S/C19H23N3O4/c1-5-22(6-2)18(24)14-11-16(19(25)21(3)12-14)20-17(23)13-7-9-15(26-4)10-8-13/h7-12H,5-6H2,1-4H3,(H,20,23). The monoisotopic (exact) mass is 357 g/mol. The molecule has 0 saturated carbocycles. The van der Waals surface area contributed by atoms with Gasteiger partial charge >= 0.3 is 0 Å². The van der Waals surface area contributed by atoms with Crippen LogP contribution in [0.25, 0.3) is 0 Å². The van der Waals surface area contributed by atoms with Gasteiger partial charge in [0.05, 0.1) is 12.7 Å². The van der Waals surface area contributed by atoms with E-state index >= 15 is 0 Å². The van der Waals surface area contributed by atoms with Gasteiger partial charge in [0.2, 0.25) is 0 Å². The highest BCUT2D eigenvalue weighted by atomic mass is 16.5. The molecule has 1 N–H and O–H groups in total. The van der Waals surface area contributed by atoms with Crippen LogP contribution in [0, 0.1) is 0 Å². The third-order valence-corrected chi connectivity index (χ3v) is 4.08. The number of aromatic nitrogens is 1. The molecule has 0 atom stereocenters. The van der Waals surface area contributed by atoms with Crippen LogP contribution < -0.4 is 15.6 Å². The first-order chi connectivity index (χ1) is 12.4. The lowest BCUT2D eigenvalue weighted by atomic mass is 10.2. The number of amides is 2. The molecule has 26 heavy (non-hydrogen) atoms. The van der Waals surface area contributed by atoms with Gasteiger partial charge in [-0.1, -0.05) is 0 Å². The van der Waals surface area contributed by atoms with Gasteiger partial charge in [0.25, 0.3) is 17.4 Å². The number of hydrogen-bond acceptors (Lipinski definition) is 4. The molecule has 0 spiro atoms. The molecule has 0 fully saturated rings. The van der Waals surface area contributed by atoms with Crippen molar-refractivity contribution in [1.29, 1.82) is 0 Å². The fourth-order valence-corrected chi connectivity index (χ4v) is 2.55. The van der Waals surface area contributed by atoms with Crippen molar-refractivity contribution < 1.29 is 14.3 Å². The van der Waals surface area contributed by atoms with Crippen LogP contribution in [0.4, 0.5) is 5.69 Å². The summed E-state index contributed by atoms with van der Waals surface area (Å²) in [5.41, 5.74) is 0.406. The second kappa shape index (κ2) is 8.33. The molecule has 7 nitrogen and oxygen atoms in total. The average Bonchev–Trinajstić information content (AvgIpc) is 2.66. The predicted molar refractivity (Wildman–Crippen MR) is 99.9 cm³/mol. The normalized spacial score (nSPS) is 10.3. The molecule has 0 bridgehead atoms. The molecular weight excluding hydrogens is 334 g/mol. The summed E-state index contributed by atoms with van der Waals surface area (Å²) >= 11 is 0. The molecule has 0 saturated heterocycles. The highest BCUT2D eigenvalue weighted by Gasteiger charge is 2.17. The maximum atomic E-state index is 12.5. The first-order valence-corrected chi connectivity index (χ1v) is 8.36. The lowest BCUT2D eigenvalue weighted by Crippen LogP contribution is -2.32. The first kappa shape index (κ1) is 19.2. The Hall–Kier alpha value is -3.09. The summed E-state index contributed by atoms with van der Waals surface area (Å²) in [6.07, 6.45) is 1.48. The van der Waals surface area contributed by atoms with Gasteiger partial charge in [-0.2, -0.15) is 0 Å². The van der Waals surface area contributed by atoms with Crippen molar-refractivity contribution >= 4 is 17.5 Å². The van der Waals surface area contributed by atoms with Crippen molar-refractivity contribution in [2.45, 2.75) is 13.8 Å². The molecule has 0 unspecified atom stereocenters. The fraction of sp³-hybridized carbons (Fsp3) is 0.316. The van der Waals surface area contributed by atoms with E-state index in [1.165, 1.54) is 23.9 Å². The van der Waals surface area contributed by atoms with Crippen LogP contribution >= 0.6 is 0 Å². The Kier molecular flexibility index (Phi) is 6.16. The minimum Gasteiger partial charge on any atom is -0.497 e. The van der Waals surface area contributed by atoms with Crippen LogP contribution in [-0.2, 0) is 7.05 Å². The fourth-order valence-electron chi connectivity index (χ4n) is 2.55. The smallest absolute Gasteiger partial charge is 0.274 e. The summed E-state index contributed by atoms with van der Waals surface area (Å²) in [6, 6.07) is 7.94. The third-order valence-electron chi connectivity index (χ3n) is 4.08. The molecule has 0 aliphatic carbocycles. The zero-order valence-corrected chi connectivity index (χ0v) is 15.4. The number of nitrogens with zero attached hydrogens (tertiary/aromatic N) is 2. The van der Waals surface area contributed by atoms with Gasteiger partial charge in [-0.3, -0.25) is 14.4 Å². The van der Waals surface area contributed by atoms with Crippen molar-refractivity contribution in [3.8, 4) is 5.75 Å². The zero-order valence-electron chi connectivity index (χ0n) is 15.4. The first-order valence-electron chi connectivity index (χ1n) is 8.36. The van der Waals surface area contributed by atoms with Crippen molar-refractivity contribution in [2.24, 2.45) is 7.05 Å². The van der Waals surface area contributed by atoms with Crippen LogP contribution in [0.1, 0.15) is 34.6 Å². The predicted octanol–water partition coefficient (Wildman–Crippen LogP) is 2.13. The van der Waals surface area contributed by atoms with E-state index in [1.54, 1.807) is 36.2 Å². The van der Waals surface area contributed by atoms with Gasteiger partial charge in [0.1, 0.15) is 11.4 Å². The number of anilines is 1. The van der Waals surface area contributed by atoms with E-state index in [-0.39, 0.29) is 17.2 Å². The molecule has 2 rings (SSSR count). The van der Waals surface area contributed by atoms with E-state index in [9.17, 15) is 14.4 Å². The minimum absolute atomic E-state index is 0.0614. The minimum atomic E-state index is -0.433. The molecule has 1 aromatic carbocycles. The van der Waals surface area contributed by atoms with Gasteiger partial charge in [0.15, 0.2) is 0 Å². The van der Waals surface area contributed by atoms with Crippen LogP contribution in [0.5, 0.6) is 5.75 Å². The molecule has 2 amide bonds. The zero-order chi connectivity index (χ0) is 19.3. The van der Waals surface area contributed by atoms with Crippen LogP contribution in [0.3, 0.4) is 0 Å². The summed E-state index contributed by atoms with van der Waals surface area (Å²) in [4.78, 5) is 38.9. The van der Waals surface area contributed by atoms with Gasteiger partial charge in [0, 0.05) is 31.9 Å². The number of nitrogens with one attached hydrogen (secondary N) is 1. The van der Waals surface area contributed by atoms with Crippen molar-refractivity contribution in [3.63, 3.8) is 0 Å². The van der Waals surface area contributed by atoms with E-state index in [1.807, 2.05) is 13.8 Å². The topological polar surface area (TPSA) is 80.6 Å². The average molecular weight is 357 g/mol. The van der Waals surface area contributed by atoms with Gasteiger partial charge in [-0.15, -0.1) is 0 Å². The largest absolute Gasteiger partial charge is 0.497 e. The van der Waals surface area contributed by atoms with Crippen LogP contribution in [-0.4, -0.2) is 41.5 Å². The quantitative estimate of drug-likeness (QED) is 0.859. The van der Waals surface area contributed by atoms with E-state index in [2.05, 4.69) is 5.32 Å². The summed E-state index contributed by atoms with van der Waals surface area (Å²) in [5.74, 6) is 0.00650. The van der Waals surface area contributed by atoms with Crippen LogP contribution in [0.2, 0.25) is 0 Å². The lowest BCUT2D eigenvalue weighted by Gasteiger charge is -2.19. The summed E-state index contributed by atoms with van der Waals surface area (Å²) in [6.45, 7) is 4.89. The maximum absolute atomic E-state index is 12.5. The summed E-state index contributed by atoms with van der Waals surface area (Å²) in [7, 11) is 3.08.